The molecule has 0 aliphatic carbocycles. The van der Waals surface area contributed by atoms with E-state index < -0.39 is 6.10 Å². The molecule has 6 nitrogen and oxygen atoms in total. The lowest BCUT2D eigenvalue weighted by atomic mass is 10.0. The highest BCUT2D eigenvalue weighted by molar-refractivity contribution is 5.71. The predicted octanol–water partition coefficient (Wildman–Crippen LogP) is 22.6. The van der Waals surface area contributed by atoms with Crippen LogP contribution in [0.5, 0.6) is 0 Å². The number of hydrogen-bond acceptors (Lipinski definition) is 6. The lowest BCUT2D eigenvalue weighted by Gasteiger charge is -2.18. The van der Waals surface area contributed by atoms with Crippen molar-refractivity contribution in [3.05, 3.63) is 24.3 Å². The van der Waals surface area contributed by atoms with Crippen molar-refractivity contribution in [2.45, 2.75) is 380 Å². The molecule has 1 atom stereocenters. The molecule has 0 aromatic carbocycles. The molecule has 0 N–H and O–H groups in total. The molecular weight excluding hydrogens is 913 g/mol. The lowest BCUT2D eigenvalue weighted by Crippen LogP contribution is -2.30. The van der Waals surface area contributed by atoms with E-state index in [1.807, 2.05) is 0 Å². The Morgan fingerprint density at radius 3 is 0.676 bits per heavy atom. The number of rotatable bonds is 62. The molecule has 6 heteroatoms. The highest BCUT2D eigenvalue weighted by Crippen LogP contribution is 2.18. The van der Waals surface area contributed by atoms with Crippen LogP contribution in [0.4, 0.5) is 0 Å². The summed E-state index contributed by atoms with van der Waals surface area (Å²) in [6.45, 7) is 6.70. The van der Waals surface area contributed by atoms with Crippen LogP contribution in [0.15, 0.2) is 24.3 Å². The molecule has 0 saturated carbocycles. The average molecular weight is 1040 g/mol. The first-order valence-electron chi connectivity index (χ1n) is 33.3. The van der Waals surface area contributed by atoms with E-state index >= 15 is 0 Å². The summed E-state index contributed by atoms with van der Waals surface area (Å²) in [5.74, 6) is -0.851. The molecule has 0 heterocycles. The Morgan fingerprint density at radius 1 is 0.257 bits per heavy atom. The van der Waals surface area contributed by atoms with E-state index in [0.29, 0.717) is 19.3 Å². The Hall–Kier alpha value is -2.11. The first-order valence-corrected chi connectivity index (χ1v) is 33.3. The Kier molecular flexibility index (Phi) is 61.6. The zero-order valence-electron chi connectivity index (χ0n) is 50.1. The molecule has 0 fully saturated rings. The van der Waals surface area contributed by atoms with Gasteiger partial charge in [-0.3, -0.25) is 14.4 Å². The number of carbonyl (C=O) groups is 3. The highest BCUT2D eigenvalue weighted by Gasteiger charge is 2.19. The summed E-state index contributed by atoms with van der Waals surface area (Å²) in [4.78, 5) is 38.4. The quantitative estimate of drug-likeness (QED) is 0.0261. The number of carbonyl (C=O) groups excluding carboxylic acids is 3. The fraction of sp³-hybridized carbons (Fsp3) is 0.897. The molecule has 0 aromatic rings. The van der Waals surface area contributed by atoms with Gasteiger partial charge in [0.05, 0.1) is 0 Å². The lowest BCUT2D eigenvalue weighted by molar-refractivity contribution is -0.167. The fourth-order valence-electron chi connectivity index (χ4n) is 10.1. The van der Waals surface area contributed by atoms with Gasteiger partial charge in [-0.2, -0.15) is 0 Å². The maximum atomic E-state index is 12.9. The Labute approximate surface area is 462 Å². The third-order valence-electron chi connectivity index (χ3n) is 15.2. The van der Waals surface area contributed by atoms with E-state index in [1.54, 1.807) is 0 Å². The summed E-state index contributed by atoms with van der Waals surface area (Å²) < 4.78 is 17.0. The van der Waals surface area contributed by atoms with Gasteiger partial charge in [0.15, 0.2) is 6.10 Å². The van der Waals surface area contributed by atoms with Crippen molar-refractivity contribution in [2.24, 2.45) is 0 Å². The summed E-state index contributed by atoms with van der Waals surface area (Å²) in [5.41, 5.74) is 0. The molecule has 0 bridgehead atoms. The summed E-state index contributed by atoms with van der Waals surface area (Å²) in [6, 6.07) is 0. The van der Waals surface area contributed by atoms with Crippen molar-refractivity contribution in [1.82, 2.24) is 0 Å². The smallest absolute Gasteiger partial charge is 0.306 e. The minimum atomic E-state index is -0.773. The van der Waals surface area contributed by atoms with Crippen LogP contribution in [-0.4, -0.2) is 37.2 Å². The number of unbranched alkanes of at least 4 members (excludes halogenated alkanes) is 47. The van der Waals surface area contributed by atoms with E-state index in [2.05, 4.69) is 45.1 Å². The van der Waals surface area contributed by atoms with Gasteiger partial charge in [-0.25, -0.2) is 0 Å². The second kappa shape index (κ2) is 63.4. The molecule has 0 aromatic heterocycles. The molecule has 0 radical (unpaired) electrons. The Balaban J connectivity index is 4.30. The van der Waals surface area contributed by atoms with E-state index in [1.165, 1.54) is 270 Å². The first kappa shape index (κ1) is 71.9. The van der Waals surface area contributed by atoms with E-state index in [4.69, 9.17) is 14.2 Å². The summed E-state index contributed by atoms with van der Waals surface area (Å²) >= 11 is 0. The van der Waals surface area contributed by atoms with Crippen LogP contribution in [0.2, 0.25) is 0 Å². The fourth-order valence-corrected chi connectivity index (χ4v) is 10.1. The second-order valence-corrected chi connectivity index (χ2v) is 22.7. The zero-order chi connectivity index (χ0) is 53.6. The largest absolute Gasteiger partial charge is 0.462 e. The minimum absolute atomic E-state index is 0.0699. The van der Waals surface area contributed by atoms with Gasteiger partial charge in [0, 0.05) is 19.3 Å². The van der Waals surface area contributed by atoms with Crippen molar-refractivity contribution in [3.8, 4) is 0 Å². The van der Waals surface area contributed by atoms with Crippen LogP contribution < -0.4 is 0 Å². The third-order valence-corrected chi connectivity index (χ3v) is 15.2. The molecule has 0 saturated heterocycles. The molecule has 1 unspecified atom stereocenters. The third kappa shape index (κ3) is 60.8. The van der Waals surface area contributed by atoms with Gasteiger partial charge in [0.1, 0.15) is 13.2 Å². The minimum Gasteiger partial charge on any atom is -0.462 e. The molecule has 0 rings (SSSR count). The van der Waals surface area contributed by atoms with Crippen LogP contribution in [0, 0.1) is 0 Å². The normalized spacial score (nSPS) is 12.1. The SMILES string of the molecule is CCCCCCCC/C=C\CCCCCCCC(=O)OCC(COC(=O)CCCCCCCCCCC/C=C\CCCCCCCCCC)OC(=O)CCCCCCCCCCCCCCCCCCCCCC. The Morgan fingerprint density at radius 2 is 0.446 bits per heavy atom. The first-order chi connectivity index (χ1) is 36.5. The van der Waals surface area contributed by atoms with Crippen LogP contribution in [0.25, 0.3) is 0 Å². The molecule has 0 amide bonds. The van der Waals surface area contributed by atoms with Crippen LogP contribution in [0.3, 0.4) is 0 Å². The maximum Gasteiger partial charge on any atom is 0.306 e. The predicted molar refractivity (Wildman–Crippen MR) is 321 cm³/mol. The molecule has 74 heavy (non-hydrogen) atoms. The van der Waals surface area contributed by atoms with Gasteiger partial charge in [0.25, 0.3) is 0 Å². The molecular formula is C68H128O6. The van der Waals surface area contributed by atoms with Gasteiger partial charge in [0.2, 0.25) is 0 Å². The van der Waals surface area contributed by atoms with Crippen molar-refractivity contribution in [1.29, 1.82) is 0 Å². The number of hydrogen-bond donors (Lipinski definition) is 0. The van der Waals surface area contributed by atoms with Crippen LogP contribution in [0.1, 0.15) is 374 Å². The van der Waals surface area contributed by atoms with E-state index in [0.717, 1.165) is 64.2 Å². The molecule has 436 valence electrons. The van der Waals surface area contributed by atoms with Crippen molar-refractivity contribution < 1.29 is 28.6 Å². The molecule has 0 aliphatic rings. The van der Waals surface area contributed by atoms with Gasteiger partial charge in [-0.1, -0.05) is 308 Å². The zero-order valence-corrected chi connectivity index (χ0v) is 50.1. The van der Waals surface area contributed by atoms with Crippen LogP contribution in [-0.2, 0) is 28.6 Å². The molecule has 0 spiro atoms. The van der Waals surface area contributed by atoms with Gasteiger partial charge in [-0.05, 0) is 70.6 Å². The monoisotopic (exact) mass is 1040 g/mol. The summed E-state index contributed by atoms with van der Waals surface area (Å²) in [6.07, 6.45) is 76.2. The topological polar surface area (TPSA) is 78.9 Å². The van der Waals surface area contributed by atoms with Crippen molar-refractivity contribution >= 4 is 17.9 Å². The summed E-state index contributed by atoms with van der Waals surface area (Å²) in [7, 11) is 0. The molecule has 0 aliphatic heterocycles. The van der Waals surface area contributed by atoms with E-state index in [-0.39, 0.29) is 31.1 Å². The summed E-state index contributed by atoms with van der Waals surface area (Å²) in [5, 5.41) is 0. The van der Waals surface area contributed by atoms with Gasteiger partial charge in [-0.15, -0.1) is 0 Å². The van der Waals surface area contributed by atoms with Gasteiger partial charge < -0.3 is 14.2 Å². The number of allylic oxidation sites excluding steroid dienone is 4. The van der Waals surface area contributed by atoms with Crippen LogP contribution >= 0.6 is 0 Å². The van der Waals surface area contributed by atoms with E-state index in [9.17, 15) is 14.4 Å². The van der Waals surface area contributed by atoms with Crippen molar-refractivity contribution in [3.63, 3.8) is 0 Å². The number of ether oxygens (including phenoxy) is 3. The van der Waals surface area contributed by atoms with Crippen molar-refractivity contribution in [2.75, 3.05) is 13.2 Å². The second-order valence-electron chi connectivity index (χ2n) is 22.7. The number of esters is 3. The van der Waals surface area contributed by atoms with Gasteiger partial charge >= 0.3 is 17.9 Å². The Bertz CT molecular complexity index is 1190. The standard InChI is InChI=1S/C68H128O6/c1-4-7-10-13-16-19-22-25-28-30-32-34-36-37-40-43-46-49-52-55-58-61-67(70)73-64-65(63-72-66(69)60-57-54-51-48-45-42-39-27-24-21-18-15-12-9-6-3)74-68(71)62-59-56-53-50-47-44-41-38-35-33-31-29-26-23-20-17-14-11-8-5-2/h27,30,32,39,65H,4-26,28-29,31,33-38,40-64H2,1-3H3/b32-30-,39-27-. The average Bonchev–Trinajstić information content (AvgIpc) is 3.40. The highest BCUT2D eigenvalue weighted by atomic mass is 16.6. The maximum absolute atomic E-state index is 12.9.